The van der Waals surface area contributed by atoms with Crippen LogP contribution in [0, 0.1) is 11.3 Å². The normalized spacial score (nSPS) is 18.5. The van der Waals surface area contributed by atoms with Gasteiger partial charge in [-0.1, -0.05) is 66.7 Å². The molecule has 0 amide bonds. The van der Waals surface area contributed by atoms with Crippen molar-refractivity contribution < 1.29 is 4.74 Å². The van der Waals surface area contributed by atoms with Crippen molar-refractivity contribution in [1.29, 1.82) is 5.26 Å². The van der Waals surface area contributed by atoms with E-state index in [4.69, 9.17) is 10.00 Å². The number of rotatable bonds is 7. The molecule has 0 heterocycles. The van der Waals surface area contributed by atoms with Gasteiger partial charge in [0.25, 0.3) is 0 Å². The highest BCUT2D eigenvalue weighted by Crippen LogP contribution is 2.36. The molecule has 1 fully saturated rings. The maximum atomic E-state index is 8.92. The van der Waals surface area contributed by atoms with Gasteiger partial charge in [0.05, 0.1) is 11.6 Å². The number of hydrogen-bond donors (Lipinski definition) is 1. The highest BCUT2D eigenvalue weighted by molar-refractivity contribution is 5.86. The standard InChI is InChI=1S/C31H30N2O/c1-22(30-8-4-6-26-5-2-3-7-31(26)30)33-28-16-13-27(19-28)25-14-17-29(18-15-25)34-21-24-11-9-23(20-32)10-12-24/h2-12,14-15,17-18,22,27-28,33H,13,16,19,21H2,1H3/t22-,27-,28+/m1/s1. The number of fused-ring (bicyclic) bond motifs is 1. The Labute approximate surface area is 202 Å². The zero-order valence-corrected chi connectivity index (χ0v) is 19.6. The van der Waals surface area contributed by atoms with E-state index in [1.165, 1.54) is 41.2 Å². The molecule has 4 aromatic rings. The number of nitriles is 1. The molecule has 0 radical (unpaired) electrons. The molecule has 1 saturated carbocycles. The molecule has 1 aliphatic rings. The van der Waals surface area contributed by atoms with Crippen molar-refractivity contribution >= 4 is 10.8 Å². The molecule has 5 rings (SSSR count). The van der Waals surface area contributed by atoms with Crippen LogP contribution in [-0.2, 0) is 6.61 Å². The van der Waals surface area contributed by atoms with E-state index in [2.05, 4.69) is 85.0 Å². The van der Waals surface area contributed by atoms with Gasteiger partial charge in [-0.25, -0.2) is 0 Å². The van der Waals surface area contributed by atoms with Gasteiger partial charge < -0.3 is 10.1 Å². The predicted octanol–water partition coefficient (Wildman–Crippen LogP) is 7.28. The van der Waals surface area contributed by atoms with Crippen molar-refractivity contribution in [1.82, 2.24) is 5.32 Å². The van der Waals surface area contributed by atoms with Gasteiger partial charge in [0.15, 0.2) is 0 Å². The topological polar surface area (TPSA) is 45.0 Å². The van der Waals surface area contributed by atoms with Crippen LogP contribution in [-0.4, -0.2) is 6.04 Å². The summed E-state index contributed by atoms with van der Waals surface area (Å²) in [6.45, 7) is 2.79. The molecule has 4 aromatic carbocycles. The second-order valence-electron chi connectivity index (χ2n) is 9.33. The van der Waals surface area contributed by atoms with Crippen LogP contribution in [0.2, 0.25) is 0 Å². The molecule has 0 spiro atoms. The van der Waals surface area contributed by atoms with Crippen molar-refractivity contribution in [2.45, 2.75) is 50.8 Å². The van der Waals surface area contributed by atoms with Crippen LogP contribution in [0.1, 0.15) is 60.4 Å². The Bertz CT molecular complexity index is 1280. The third kappa shape index (κ3) is 4.98. The van der Waals surface area contributed by atoms with Crippen LogP contribution in [0.4, 0.5) is 0 Å². The maximum Gasteiger partial charge on any atom is 0.119 e. The molecule has 1 aliphatic carbocycles. The quantitative estimate of drug-likeness (QED) is 0.324. The lowest BCUT2D eigenvalue weighted by Gasteiger charge is -2.21. The highest BCUT2D eigenvalue weighted by atomic mass is 16.5. The van der Waals surface area contributed by atoms with Gasteiger partial charge in [-0.05, 0) is 83.8 Å². The Morgan fingerprint density at radius 2 is 1.68 bits per heavy atom. The second-order valence-corrected chi connectivity index (χ2v) is 9.33. The van der Waals surface area contributed by atoms with E-state index < -0.39 is 0 Å². The first-order valence-electron chi connectivity index (χ1n) is 12.1. The van der Waals surface area contributed by atoms with Gasteiger partial charge >= 0.3 is 0 Å². The molecule has 0 saturated heterocycles. The van der Waals surface area contributed by atoms with E-state index in [9.17, 15) is 0 Å². The molecular formula is C31H30N2O. The van der Waals surface area contributed by atoms with E-state index in [0.29, 0.717) is 30.2 Å². The predicted molar refractivity (Wildman–Crippen MR) is 138 cm³/mol. The van der Waals surface area contributed by atoms with Crippen molar-refractivity contribution in [2.75, 3.05) is 0 Å². The van der Waals surface area contributed by atoms with Crippen LogP contribution in [0.5, 0.6) is 5.75 Å². The molecule has 0 aromatic heterocycles. The summed E-state index contributed by atoms with van der Waals surface area (Å²) in [4.78, 5) is 0. The molecule has 1 N–H and O–H groups in total. The fourth-order valence-corrected chi connectivity index (χ4v) is 5.19. The SMILES string of the molecule is C[C@@H](N[C@H]1CC[C@@H](c2ccc(OCc3ccc(C#N)cc3)cc2)C1)c1cccc2ccccc12. The number of nitrogens with one attached hydrogen (secondary N) is 1. The molecule has 0 unspecified atom stereocenters. The molecule has 3 atom stereocenters. The fraction of sp³-hybridized carbons (Fsp3) is 0.258. The van der Waals surface area contributed by atoms with Crippen molar-refractivity contribution in [2.24, 2.45) is 0 Å². The van der Waals surface area contributed by atoms with Gasteiger partial charge in [0.1, 0.15) is 12.4 Å². The molecular weight excluding hydrogens is 416 g/mol. The average molecular weight is 447 g/mol. The van der Waals surface area contributed by atoms with Crippen molar-refractivity contribution in [3.63, 3.8) is 0 Å². The molecule has 170 valence electrons. The summed E-state index contributed by atoms with van der Waals surface area (Å²) in [5.74, 6) is 1.47. The van der Waals surface area contributed by atoms with Crippen LogP contribution in [0.15, 0.2) is 91.0 Å². The minimum atomic E-state index is 0.327. The zero-order valence-electron chi connectivity index (χ0n) is 19.6. The van der Waals surface area contributed by atoms with E-state index in [1.807, 2.05) is 24.3 Å². The van der Waals surface area contributed by atoms with Gasteiger partial charge in [-0.3, -0.25) is 0 Å². The van der Waals surface area contributed by atoms with E-state index >= 15 is 0 Å². The Kier molecular flexibility index (Phi) is 6.60. The minimum absolute atomic E-state index is 0.327. The number of hydrogen-bond acceptors (Lipinski definition) is 3. The minimum Gasteiger partial charge on any atom is -0.489 e. The monoisotopic (exact) mass is 446 g/mol. The third-order valence-corrected chi connectivity index (χ3v) is 7.05. The summed E-state index contributed by atoms with van der Waals surface area (Å²) < 4.78 is 5.95. The summed E-state index contributed by atoms with van der Waals surface area (Å²) in [5.41, 5.74) is 4.51. The summed E-state index contributed by atoms with van der Waals surface area (Å²) in [6, 6.07) is 34.4. The summed E-state index contributed by atoms with van der Waals surface area (Å²) >= 11 is 0. The first-order valence-corrected chi connectivity index (χ1v) is 12.1. The zero-order chi connectivity index (χ0) is 23.3. The van der Waals surface area contributed by atoms with Crippen LogP contribution in [0.25, 0.3) is 10.8 Å². The molecule has 3 nitrogen and oxygen atoms in total. The Morgan fingerprint density at radius 3 is 2.47 bits per heavy atom. The van der Waals surface area contributed by atoms with E-state index in [0.717, 1.165) is 11.3 Å². The molecule has 3 heteroatoms. The number of nitrogens with zero attached hydrogens (tertiary/aromatic N) is 1. The summed E-state index contributed by atoms with van der Waals surface area (Å²) in [7, 11) is 0. The Balaban J connectivity index is 1.16. The highest BCUT2D eigenvalue weighted by Gasteiger charge is 2.27. The number of benzene rings is 4. The fourth-order valence-electron chi connectivity index (χ4n) is 5.19. The van der Waals surface area contributed by atoms with Gasteiger partial charge in [-0.2, -0.15) is 5.26 Å². The van der Waals surface area contributed by atoms with Gasteiger partial charge in [-0.15, -0.1) is 0 Å². The Hall–Kier alpha value is -3.61. The van der Waals surface area contributed by atoms with Crippen LogP contribution >= 0.6 is 0 Å². The molecule has 0 aliphatic heterocycles. The Morgan fingerprint density at radius 1 is 0.912 bits per heavy atom. The van der Waals surface area contributed by atoms with Gasteiger partial charge in [0, 0.05) is 12.1 Å². The lowest BCUT2D eigenvalue weighted by Crippen LogP contribution is -2.29. The van der Waals surface area contributed by atoms with Crippen LogP contribution < -0.4 is 10.1 Å². The largest absolute Gasteiger partial charge is 0.489 e. The molecule has 0 bridgehead atoms. The van der Waals surface area contributed by atoms with E-state index in [1.54, 1.807) is 0 Å². The maximum absolute atomic E-state index is 8.92. The smallest absolute Gasteiger partial charge is 0.119 e. The number of ether oxygens (including phenoxy) is 1. The van der Waals surface area contributed by atoms with Crippen molar-refractivity contribution in [3.05, 3.63) is 113 Å². The average Bonchev–Trinajstić information content (AvgIpc) is 3.36. The van der Waals surface area contributed by atoms with Crippen LogP contribution in [0.3, 0.4) is 0 Å². The summed E-state index contributed by atoms with van der Waals surface area (Å²) in [5, 5.41) is 15.5. The lowest BCUT2D eigenvalue weighted by atomic mass is 9.96. The van der Waals surface area contributed by atoms with Crippen molar-refractivity contribution in [3.8, 4) is 11.8 Å². The third-order valence-electron chi connectivity index (χ3n) is 7.05. The first-order chi connectivity index (χ1) is 16.7. The van der Waals surface area contributed by atoms with Gasteiger partial charge in [0.2, 0.25) is 0 Å². The lowest BCUT2D eigenvalue weighted by molar-refractivity contribution is 0.306. The first kappa shape index (κ1) is 22.2. The van der Waals surface area contributed by atoms with E-state index in [-0.39, 0.29) is 0 Å². The molecule has 34 heavy (non-hydrogen) atoms. The summed E-state index contributed by atoms with van der Waals surface area (Å²) in [6.07, 6.45) is 3.59. The second kappa shape index (κ2) is 10.1.